The van der Waals surface area contributed by atoms with E-state index in [0.717, 1.165) is 41.4 Å². The number of rotatable bonds is 6. The molecule has 3 atom stereocenters. The van der Waals surface area contributed by atoms with E-state index in [2.05, 4.69) is 76.2 Å². The normalized spacial score (nSPS) is 14.5. The summed E-state index contributed by atoms with van der Waals surface area (Å²) in [4.78, 5) is 0. The van der Waals surface area contributed by atoms with E-state index in [0.29, 0.717) is 5.41 Å². The van der Waals surface area contributed by atoms with Gasteiger partial charge in [-0.3, -0.25) is 0 Å². The van der Waals surface area contributed by atoms with E-state index in [1.165, 1.54) is 38.5 Å². The Hall–Kier alpha value is 0. The van der Waals surface area contributed by atoms with Gasteiger partial charge in [-0.15, -0.1) is 0 Å². The molecular weight excluding hydrogens is 480 g/mol. The maximum atomic E-state index is 2.49. The molecular formula is C40H98. The predicted octanol–water partition coefficient (Wildman–Crippen LogP) is 16.7. The SMILES string of the molecule is C.CC.CC.CC.CC.CC.CC.CC.CC(C)C(C)C(C)C(C)C.CC(C1CCC1)C(C)(C)C1CC1.CCC. The summed E-state index contributed by atoms with van der Waals surface area (Å²) in [7, 11) is 0. The quantitative estimate of drug-likeness (QED) is 0.294. The first-order valence-electron chi connectivity index (χ1n) is 18.5. The zero-order chi connectivity index (χ0) is 33.8. The zero-order valence-corrected chi connectivity index (χ0v) is 33.8. The van der Waals surface area contributed by atoms with Gasteiger partial charge in [-0.05, 0) is 59.7 Å². The maximum Gasteiger partial charge on any atom is -0.0298 e. The first kappa shape index (κ1) is 63.3. The van der Waals surface area contributed by atoms with Crippen LogP contribution in [0.25, 0.3) is 0 Å². The summed E-state index contributed by atoms with van der Waals surface area (Å²) in [6.45, 7) is 53.7. The van der Waals surface area contributed by atoms with Gasteiger partial charge in [-0.2, -0.15) is 0 Å². The molecule has 2 aliphatic carbocycles. The molecule has 0 heteroatoms. The van der Waals surface area contributed by atoms with Crippen molar-refractivity contribution in [2.24, 2.45) is 46.8 Å². The van der Waals surface area contributed by atoms with Crippen LogP contribution in [-0.2, 0) is 0 Å². The summed E-state index contributed by atoms with van der Waals surface area (Å²) in [5, 5.41) is 0. The molecule has 2 saturated carbocycles. The van der Waals surface area contributed by atoms with Gasteiger partial charge in [0.2, 0.25) is 0 Å². The topological polar surface area (TPSA) is 0 Å². The van der Waals surface area contributed by atoms with Gasteiger partial charge < -0.3 is 0 Å². The van der Waals surface area contributed by atoms with E-state index < -0.39 is 0 Å². The van der Waals surface area contributed by atoms with E-state index in [-0.39, 0.29) is 7.43 Å². The van der Waals surface area contributed by atoms with Gasteiger partial charge in [0.05, 0.1) is 0 Å². The van der Waals surface area contributed by atoms with Gasteiger partial charge in [0.15, 0.2) is 0 Å². The minimum absolute atomic E-state index is 0. The van der Waals surface area contributed by atoms with Crippen LogP contribution in [-0.4, -0.2) is 0 Å². The Morgan fingerprint density at radius 1 is 0.500 bits per heavy atom. The van der Waals surface area contributed by atoms with Gasteiger partial charge in [-0.25, -0.2) is 0 Å². The van der Waals surface area contributed by atoms with Crippen molar-refractivity contribution in [1.82, 2.24) is 0 Å². The highest BCUT2D eigenvalue weighted by molar-refractivity contribution is 4.94. The van der Waals surface area contributed by atoms with Crippen LogP contribution in [0.3, 0.4) is 0 Å². The Balaban J connectivity index is -0.0000000444. The van der Waals surface area contributed by atoms with Crippen LogP contribution in [0.2, 0.25) is 0 Å². The summed E-state index contributed by atoms with van der Waals surface area (Å²) in [6.07, 6.45) is 8.78. The minimum Gasteiger partial charge on any atom is -0.0776 e. The molecule has 0 heterocycles. The van der Waals surface area contributed by atoms with Crippen molar-refractivity contribution in [2.45, 2.75) is 219 Å². The van der Waals surface area contributed by atoms with E-state index in [9.17, 15) is 0 Å². The van der Waals surface area contributed by atoms with Crippen molar-refractivity contribution in [1.29, 1.82) is 0 Å². The average Bonchev–Trinajstić information content (AvgIpc) is 3.82. The van der Waals surface area contributed by atoms with E-state index in [4.69, 9.17) is 0 Å². The van der Waals surface area contributed by atoms with Crippen molar-refractivity contribution < 1.29 is 0 Å². The highest BCUT2D eigenvalue weighted by Gasteiger charge is 2.44. The molecule has 0 radical (unpaired) electrons. The average molecular weight is 579 g/mol. The number of hydrogen-bond acceptors (Lipinski definition) is 0. The molecule has 0 aliphatic heterocycles. The molecule has 0 aromatic rings. The third kappa shape index (κ3) is 38.0. The Bertz CT molecular complexity index is 305. The molecule has 258 valence electrons. The highest BCUT2D eigenvalue weighted by atomic mass is 14.5. The first-order chi connectivity index (χ1) is 18.5. The standard InChI is InChI=1S/C12H22.C10H22.C3H8.7C2H6.CH4/c1-9(10-5-4-6-10)12(2,3)11-7-8-11;1-7(2)9(5)10(6)8(3)4;1-3-2;7*1-2;/h9-11H,4-8H2,1-3H3;7-10H,1-6H3;3H2,1-2H3;7*1-2H3;1H4. The molecule has 0 aromatic carbocycles. The Labute approximate surface area is 265 Å². The van der Waals surface area contributed by atoms with Crippen molar-refractivity contribution in [3.8, 4) is 0 Å². The van der Waals surface area contributed by atoms with Crippen molar-refractivity contribution in [2.75, 3.05) is 0 Å². The lowest BCUT2D eigenvalue weighted by atomic mass is 9.64. The third-order valence-electron chi connectivity index (χ3n) is 7.59. The van der Waals surface area contributed by atoms with Gasteiger partial charge in [0.1, 0.15) is 0 Å². The van der Waals surface area contributed by atoms with E-state index in [1.807, 2.05) is 96.9 Å². The molecule has 0 saturated heterocycles. The largest absolute Gasteiger partial charge is 0.0776 e. The molecule has 0 spiro atoms. The van der Waals surface area contributed by atoms with Crippen LogP contribution in [0.1, 0.15) is 219 Å². The fourth-order valence-corrected chi connectivity index (χ4v) is 3.96. The Kier molecular flexibility index (Phi) is 81.8. The molecule has 0 amide bonds. The first-order valence-corrected chi connectivity index (χ1v) is 18.5. The summed E-state index contributed by atoms with van der Waals surface area (Å²) >= 11 is 0. The summed E-state index contributed by atoms with van der Waals surface area (Å²) < 4.78 is 0. The van der Waals surface area contributed by atoms with Gasteiger partial charge >= 0.3 is 0 Å². The summed E-state index contributed by atoms with van der Waals surface area (Å²) in [6, 6.07) is 0. The minimum atomic E-state index is 0. The van der Waals surface area contributed by atoms with Crippen LogP contribution >= 0.6 is 0 Å². The van der Waals surface area contributed by atoms with Crippen LogP contribution in [0.5, 0.6) is 0 Å². The molecule has 0 aromatic heterocycles. The Morgan fingerprint density at radius 2 is 0.725 bits per heavy atom. The van der Waals surface area contributed by atoms with Gasteiger partial charge in [0.25, 0.3) is 0 Å². The molecule has 2 aliphatic rings. The fourth-order valence-electron chi connectivity index (χ4n) is 3.96. The molecule has 0 N–H and O–H groups in total. The van der Waals surface area contributed by atoms with E-state index >= 15 is 0 Å². The van der Waals surface area contributed by atoms with Crippen LogP contribution in [0, 0.1) is 46.8 Å². The molecule has 40 heavy (non-hydrogen) atoms. The summed E-state index contributed by atoms with van der Waals surface area (Å²) in [5.74, 6) is 6.49. The third-order valence-corrected chi connectivity index (χ3v) is 7.59. The van der Waals surface area contributed by atoms with Crippen LogP contribution in [0.4, 0.5) is 0 Å². The lowest BCUT2D eigenvalue weighted by molar-refractivity contribution is 0.0799. The molecule has 0 nitrogen and oxygen atoms in total. The van der Waals surface area contributed by atoms with E-state index in [1.54, 1.807) is 0 Å². The monoisotopic (exact) mass is 579 g/mol. The van der Waals surface area contributed by atoms with Crippen molar-refractivity contribution >= 4 is 0 Å². The second-order valence-corrected chi connectivity index (χ2v) is 10.5. The lowest BCUT2D eigenvalue weighted by Gasteiger charge is -2.42. The van der Waals surface area contributed by atoms with Crippen molar-refractivity contribution in [3.05, 3.63) is 0 Å². The molecule has 0 bridgehead atoms. The number of hydrogen-bond donors (Lipinski definition) is 0. The highest BCUT2D eigenvalue weighted by Crippen LogP contribution is 2.54. The fraction of sp³-hybridized carbons (Fsp3) is 1.00. The van der Waals surface area contributed by atoms with Crippen molar-refractivity contribution in [3.63, 3.8) is 0 Å². The second-order valence-electron chi connectivity index (χ2n) is 10.5. The molecule has 2 rings (SSSR count). The zero-order valence-electron chi connectivity index (χ0n) is 33.8. The molecule has 3 unspecified atom stereocenters. The Morgan fingerprint density at radius 3 is 0.850 bits per heavy atom. The van der Waals surface area contributed by atoms with Crippen LogP contribution in [0.15, 0.2) is 0 Å². The predicted molar refractivity (Wildman–Crippen MR) is 203 cm³/mol. The van der Waals surface area contributed by atoms with Crippen LogP contribution < -0.4 is 0 Å². The van der Waals surface area contributed by atoms with Gasteiger partial charge in [0, 0.05) is 0 Å². The smallest absolute Gasteiger partial charge is 0.0298 e. The molecule has 2 fully saturated rings. The van der Waals surface area contributed by atoms with Gasteiger partial charge in [-0.1, -0.05) is 206 Å². The second kappa shape index (κ2) is 51.7. The maximum absolute atomic E-state index is 2.49. The lowest BCUT2D eigenvalue weighted by Crippen LogP contribution is -2.33. The summed E-state index contributed by atoms with van der Waals surface area (Å²) in [5.41, 5.74) is 0.644.